The number of carboxylic acids is 1. The lowest BCUT2D eigenvalue weighted by Crippen LogP contribution is -2.44. The van der Waals surface area contributed by atoms with Crippen molar-refractivity contribution in [3.8, 4) is 0 Å². The molecule has 186 valence electrons. The Morgan fingerprint density at radius 1 is 1.21 bits per heavy atom. The number of hydrogen-bond acceptors (Lipinski definition) is 7. The van der Waals surface area contributed by atoms with E-state index in [1.165, 1.54) is 6.07 Å². The van der Waals surface area contributed by atoms with E-state index in [9.17, 15) is 18.4 Å². The number of aromatic nitrogens is 1. The van der Waals surface area contributed by atoms with Crippen LogP contribution in [0.25, 0.3) is 0 Å². The van der Waals surface area contributed by atoms with Crippen LogP contribution in [0.2, 0.25) is 0 Å². The standard InChI is InChI=1S/C21H24F2N4O3.CH4O.CH2O/c1-25(21-18(7-4-10-24-21)27(14-28)13-19(29)30)15-8-11-26(12-9-15)17-6-3-2-5-16(17)20(22)23;2*1-2/h2-7,10,14-15,20H,8-9,11-13H2,1H3,(H,29,30);2H,1H3;1H2. The summed E-state index contributed by atoms with van der Waals surface area (Å²) in [7, 11) is 2.85. The maximum atomic E-state index is 13.3. The molecule has 1 aliphatic heterocycles. The number of alkyl halides is 2. The lowest BCUT2D eigenvalue weighted by Gasteiger charge is -2.39. The molecular weight excluding hydrogens is 450 g/mol. The van der Waals surface area contributed by atoms with Crippen LogP contribution in [-0.2, 0) is 14.4 Å². The molecule has 0 radical (unpaired) electrons. The van der Waals surface area contributed by atoms with E-state index in [2.05, 4.69) is 4.98 Å². The molecule has 0 spiro atoms. The maximum Gasteiger partial charge on any atom is 0.323 e. The van der Waals surface area contributed by atoms with Crippen molar-refractivity contribution < 1.29 is 33.4 Å². The van der Waals surface area contributed by atoms with Gasteiger partial charge in [0.05, 0.1) is 5.69 Å². The van der Waals surface area contributed by atoms with E-state index in [-0.39, 0.29) is 11.6 Å². The number of nitrogens with zero attached hydrogens (tertiary/aromatic N) is 4. The summed E-state index contributed by atoms with van der Waals surface area (Å²) >= 11 is 0. The first-order valence-corrected chi connectivity index (χ1v) is 10.4. The van der Waals surface area contributed by atoms with Gasteiger partial charge in [0, 0.05) is 50.7 Å². The first-order valence-electron chi connectivity index (χ1n) is 10.4. The normalized spacial score (nSPS) is 13.2. The van der Waals surface area contributed by atoms with Gasteiger partial charge in [0.1, 0.15) is 13.3 Å². The molecule has 2 aromatic rings. The molecule has 1 fully saturated rings. The molecule has 0 atom stereocenters. The number of carbonyl (C=O) groups is 3. The number of para-hydroxylation sites is 1. The Hall–Kier alpha value is -3.60. The smallest absolute Gasteiger partial charge is 0.323 e. The van der Waals surface area contributed by atoms with E-state index in [0.717, 1.165) is 12.0 Å². The van der Waals surface area contributed by atoms with Crippen LogP contribution in [0.4, 0.5) is 26.0 Å². The Balaban J connectivity index is 0.00000137. The monoisotopic (exact) mass is 480 g/mol. The molecule has 34 heavy (non-hydrogen) atoms. The number of rotatable bonds is 8. The van der Waals surface area contributed by atoms with Gasteiger partial charge in [0.15, 0.2) is 5.82 Å². The third-order valence-electron chi connectivity index (χ3n) is 5.37. The van der Waals surface area contributed by atoms with E-state index >= 15 is 0 Å². The molecular formula is C23H30F2N4O5. The molecule has 0 bridgehead atoms. The molecule has 0 aliphatic carbocycles. The second-order valence-corrected chi connectivity index (χ2v) is 7.16. The van der Waals surface area contributed by atoms with Gasteiger partial charge in [-0.15, -0.1) is 0 Å². The number of halogens is 2. The van der Waals surface area contributed by atoms with Gasteiger partial charge >= 0.3 is 5.97 Å². The predicted molar refractivity (Wildman–Crippen MR) is 126 cm³/mol. The molecule has 0 saturated carbocycles. The van der Waals surface area contributed by atoms with Crippen molar-refractivity contribution in [2.75, 3.05) is 48.5 Å². The zero-order valence-corrected chi connectivity index (χ0v) is 19.2. The van der Waals surface area contributed by atoms with Gasteiger partial charge in [-0.05, 0) is 31.0 Å². The molecule has 1 aromatic heterocycles. The third kappa shape index (κ3) is 7.20. The van der Waals surface area contributed by atoms with Crippen LogP contribution in [0.5, 0.6) is 0 Å². The minimum atomic E-state index is -2.53. The first kappa shape index (κ1) is 28.4. The number of anilines is 3. The lowest BCUT2D eigenvalue weighted by molar-refractivity contribution is -0.136. The average molecular weight is 481 g/mol. The number of pyridine rings is 1. The van der Waals surface area contributed by atoms with Crippen molar-refractivity contribution in [3.63, 3.8) is 0 Å². The van der Waals surface area contributed by atoms with Crippen molar-refractivity contribution in [1.29, 1.82) is 0 Å². The number of aliphatic carboxylic acids is 1. The van der Waals surface area contributed by atoms with Gasteiger partial charge in [0.2, 0.25) is 6.41 Å². The molecule has 1 amide bonds. The van der Waals surface area contributed by atoms with Crippen LogP contribution in [0.15, 0.2) is 42.6 Å². The summed E-state index contributed by atoms with van der Waals surface area (Å²) in [6.45, 7) is 2.75. The molecule has 1 aliphatic rings. The molecule has 2 heterocycles. The van der Waals surface area contributed by atoms with E-state index < -0.39 is 18.9 Å². The van der Waals surface area contributed by atoms with Crippen LogP contribution in [0.1, 0.15) is 24.8 Å². The SMILES string of the molecule is C=O.CN(c1ncccc1N(C=O)CC(=O)O)C1CCN(c2ccccc2C(F)F)CC1.CO. The Labute approximate surface area is 197 Å². The lowest BCUT2D eigenvalue weighted by atomic mass is 10.0. The fourth-order valence-corrected chi connectivity index (χ4v) is 3.84. The summed E-state index contributed by atoms with van der Waals surface area (Å²) in [5, 5.41) is 16.1. The summed E-state index contributed by atoms with van der Waals surface area (Å²) < 4.78 is 26.7. The molecule has 1 aromatic carbocycles. The Kier molecular flexibility index (Phi) is 12.1. The van der Waals surface area contributed by atoms with Gasteiger partial charge in [-0.3, -0.25) is 9.59 Å². The summed E-state index contributed by atoms with van der Waals surface area (Å²) in [6, 6.07) is 9.93. The number of amides is 1. The number of aliphatic hydroxyl groups excluding tert-OH is 1. The largest absolute Gasteiger partial charge is 0.480 e. The minimum Gasteiger partial charge on any atom is -0.480 e. The highest BCUT2D eigenvalue weighted by Crippen LogP contribution is 2.33. The third-order valence-corrected chi connectivity index (χ3v) is 5.37. The molecule has 3 rings (SSSR count). The highest BCUT2D eigenvalue weighted by Gasteiger charge is 2.28. The summed E-state index contributed by atoms with van der Waals surface area (Å²) in [4.78, 5) is 39.9. The van der Waals surface area contributed by atoms with Crippen LogP contribution >= 0.6 is 0 Å². The molecule has 9 nitrogen and oxygen atoms in total. The van der Waals surface area contributed by atoms with Gasteiger partial charge < -0.3 is 29.7 Å². The minimum absolute atomic E-state index is 0.0339. The first-order chi connectivity index (χ1) is 16.4. The number of piperidine rings is 1. The number of aliphatic hydroxyl groups is 1. The summed E-state index contributed by atoms with van der Waals surface area (Å²) in [5.41, 5.74) is 1.01. The van der Waals surface area contributed by atoms with Crippen molar-refractivity contribution in [1.82, 2.24) is 4.98 Å². The van der Waals surface area contributed by atoms with E-state index in [0.29, 0.717) is 49.5 Å². The van der Waals surface area contributed by atoms with Gasteiger partial charge in [-0.2, -0.15) is 0 Å². The van der Waals surface area contributed by atoms with E-state index in [4.69, 9.17) is 15.0 Å². The Morgan fingerprint density at radius 3 is 2.38 bits per heavy atom. The Bertz CT molecular complexity index is 910. The second-order valence-electron chi connectivity index (χ2n) is 7.16. The van der Waals surface area contributed by atoms with E-state index in [1.807, 2.05) is 23.6 Å². The molecule has 11 heteroatoms. The zero-order valence-electron chi connectivity index (χ0n) is 19.2. The van der Waals surface area contributed by atoms with Crippen LogP contribution < -0.4 is 14.7 Å². The summed E-state index contributed by atoms with van der Waals surface area (Å²) in [6.07, 6.45) is 0.967. The fraction of sp³-hybridized carbons (Fsp3) is 0.391. The highest BCUT2D eigenvalue weighted by molar-refractivity contribution is 5.88. The quantitative estimate of drug-likeness (QED) is 0.555. The highest BCUT2D eigenvalue weighted by atomic mass is 19.3. The van der Waals surface area contributed by atoms with E-state index in [1.54, 1.807) is 36.5 Å². The van der Waals surface area contributed by atoms with Crippen LogP contribution in [0.3, 0.4) is 0 Å². The van der Waals surface area contributed by atoms with Crippen molar-refractivity contribution in [3.05, 3.63) is 48.2 Å². The zero-order chi connectivity index (χ0) is 25.7. The van der Waals surface area contributed by atoms with Crippen molar-refractivity contribution >= 4 is 36.4 Å². The average Bonchev–Trinajstić information content (AvgIpc) is 2.89. The number of benzene rings is 1. The summed E-state index contributed by atoms with van der Waals surface area (Å²) in [5.74, 6) is -0.608. The number of hydrogen-bond donors (Lipinski definition) is 2. The van der Waals surface area contributed by atoms with Crippen LogP contribution in [-0.4, -0.2) is 74.2 Å². The predicted octanol–water partition coefficient (Wildman–Crippen LogP) is 2.60. The number of carboxylic acid groups (broad SMARTS) is 1. The Morgan fingerprint density at radius 2 is 1.82 bits per heavy atom. The topological polar surface area (TPSA) is 114 Å². The molecule has 1 saturated heterocycles. The van der Waals surface area contributed by atoms with Gasteiger partial charge in [-0.1, -0.05) is 18.2 Å². The van der Waals surface area contributed by atoms with Crippen molar-refractivity contribution in [2.45, 2.75) is 25.3 Å². The maximum absolute atomic E-state index is 13.3. The van der Waals surface area contributed by atoms with Gasteiger partial charge in [0.25, 0.3) is 6.43 Å². The van der Waals surface area contributed by atoms with Gasteiger partial charge in [-0.25, -0.2) is 13.8 Å². The second kappa shape index (κ2) is 14.5. The van der Waals surface area contributed by atoms with Crippen molar-refractivity contribution in [2.24, 2.45) is 0 Å². The molecule has 0 unspecified atom stereocenters. The molecule has 2 N–H and O–H groups in total. The van der Waals surface area contributed by atoms with Crippen LogP contribution in [0, 0.1) is 0 Å². The number of carbonyl (C=O) groups excluding carboxylic acids is 2. The fourth-order valence-electron chi connectivity index (χ4n) is 3.84.